The predicted octanol–water partition coefficient (Wildman–Crippen LogP) is 3.30. The molecule has 0 aliphatic heterocycles. The first-order chi connectivity index (χ1) is 12.1. The molecule has 2 heterocycles. The van der Waals surface area contributed by atoms with Crippen molar-refractivity contribution >= 4 is 28.2 Å². The minimum absolute atomic E-state index is 0.0707. The summed E-state index contributed by atoms with van der Waals surface area (Å²) in [6.45, 7) is 4.16. The van der Waals surface area contributed by atoms with Gasteiger partial charge in [-0.2, -0.15) is 0 Å². The number of amides is 1. The first kappa shape index (κ1) is 17.7. The van der Waals surface area contributed by atoms with Gasteiger partial charge in [0.05, 0.1) is 31.0 Å². The van der Waals surface area contributed by atoms with Crippen LogP contribution >= 0.6 is 11.3 Å². The van der Waals surface area contributed by atoms with Crippen molar-refractivity contribution < 1.29 is 18.7 Å². The number of hydrogen-bond donors (Lipinski definition) is 2. The number of thiophene rings is 1. The van der Waals surface area contributed by atoms with Gasteiger partial charge in [0.2, 0.25) is 5.91 Å². The summed E-state index contributed by atoms with van der Waals surface area (Å²) in [5.41, 5.74) is 1.57. The maximum absolute atomic E-state index is 12.3. The van der Waals surface area contributed by atoms with Gasteiger partial charge >= 0.3 is 5.97 Å². The Balaban J connectivity index is 1.66. The molecule has 2 aromatic rings. The summed E-state index contributed by atoms with van der Waals surface area (Å²) in [6, 6.07) is 3.60. The van der Waals surface area contributed by atoms with Crippen LogP contribution in [0.25, 0.3) is 0 Å². The van der Waals surface area contributed by atoms with E-state index in [0.717, 1.165) is 30.6 Å². The number of nitrogens with one attached hydrogen (secondary N) is 2. The Kier molecular flexibility index (Phi) is 5.55. The normalized spacial score (nSPS) is 14.2. The Hall–Kier alpha value is -2.12. The van der Waals surface area contributed by atoms with Crippen molar-refractivity contribution in [1.82, 2.24) is 5.32 Å². The van der Waals surface area contributed by atoms with Crippen LogP contribution in [0.4, 0.5) is 5.00 Å². The Morgan fingerprint density at radius 1 is 1.40 bits per heavy atom. The van der Waals surface area contributed by atoms with E-state index in [-0.39, 0.29) is 24.5 Å². The lowest BCUT2D eigenvalue weighted by molar-refractivity contribution is -0.115. The number of carbonyl (C=O) groups is 2. The molecule has 1 atom stereocenters. The van der Waals surface area contributed by atoms with Gasteiger partial charge in [0.1, 0.15) is 10.8 Å². The average molecular weight is 362 g/mol. The van der Waals surface area contributed by atoms with Crippen molar-refractivity contribution in [2.24, 2.45) is 0 Å². The van der Waals surface area contributed by atoms with Crippen molar-refractivity contribution in [3.8, 4) is 0 Å². The second-order valence-corrected chi connectivity index (χ2v) is 7.05. The van der Waals surface area contributed by atoms with Crippen LogP contribution in [0.2, 0.25) is 0 Å². The lowest BCUT2D eigenvalue weighted by Crippen LogP contribution is -2.30. The van der Waals surface area contributed by atoms with Crippen molar-refractivity contribution in [1.29, 1.82) is 0 Å². The minimum Gasteiger partial charge on any atom is -0.468 e. The monoisotopic (exact) mass is 362 g/mol. The number of ether oxygens (including phenoxy) is 1. The quantitative estimate of drug-likeness (QED) is 0.739. The number of anilines is 1. The third-order valence-electron chi connectivity index (χ3n) is 4.19. The van der Waals surface area contributed by atoms with Crippen LogP contribution in [0.3, 0.4) is 0 Å². The zero-order valence-corrected chi connectivity index (χ0v) is 15.2. The molecule has 0 aromatic carbocycles. The van der Waals surface area contributed by atoms with Crippen molar-refractivity contribution in [2.75, 3.05) is 18.5 Å². The Morgan fingerprint density at radius 2 is 2.24 bits per heavy atom. The van der Waals surface area contributed by atoms with E-state index in [1.807, 2.05) is 19.1 Å². The number of esters is 1. The lowest BCUT2D eigenvalue weighted by Gasteiger charge is -2.12. The summed E-state index contributed by atoms with van der Waals surface area (Å²) in [4.78, 5) is 25.8. The molecular formula is C18H22N2O4S. The Morgan fingerprint density at radius 3 is 2.96 bits per heavy atom. The number of furan rings is 1. The van der Waals surface area contributed by atoms with E-state index in [1.165, 1.54) is 16.2 Å². The summed E-state index contributed by atoms with van der Waals surface area (Å²) < 4.78 is 10.5. The van der Waals surface area contributed by atoms with Gasteiger partial charge in [0.25, 0.3) is 0 Å². The molecule has 1 amide bonds. The van der Waals surface area contributed by atoms with E-state index in [9.17, 15) is 9.59 Å². The lowest BCUT2D eigenvalue weighted by atomic mass is 10.1. The van der Waals surface area contributed by atoms with E-state index < -0.39 is 0 Å². The fraction of sp³-hybridized carbons (Fsp3) is 0.444. The molecule has 7 heteroatoms. The molecule has 6 nitrogen and oxygen atoms in total. The van der Waals surface area contributed by atoms with Gasteiger partial charge < -0.3 is 14.5 Å². The second kappa shape index (κ2) is 7.84. The molecule has 1 aliphatic carbocycles. The maximum atomic E-state index is 12.3. The highest BCUT2D eigenvalue weighted by Crippen LogP contribution is 2.39. The number of carbonyl (C=O) groups excluding carboxylic acids is 2. The predicted molar refractivity (Wildman–Crippen MR) is 96.1 cm³/mol. The van der Waals surface area contributed by atoms with E-state index in [4.69, 9.17) is 9.15 Å². The van der Waals surface area contributed by atoms with Crippen molar-refractivity contribution in [3.63, 3.8) is 0 Å². The zero-order valence-electron chi connectivity index (χ0n) is 14.4. The molecule has 25 heavy (non-hydrogen) atoms. The average Bonchev–Trinajstić information content (AvgIpc) is 3.29. The van der Waals surface area contributed by atoms with E-state index in [0.29, 0.717) is 17.2 Å². The zero-order chi connectivity index (χ0) is 17.8. The molecule has 134 valence electrons. The molecule has 3 rings (SSSR count). The Labute approximate surface area is 150 Å². The summed E-state index contributed by atoms with van der Waals surface area (Å²) in [6.07, 6.45) is 4.47. The topological polar surface area (TPSA) is 80.6 Å². The smallest absolute Gasteiger partial charge is 0.341 e. The molecule has 0 saturated carbocycles. The van der Waals surface area contributed by atoms with Gasteiger partial charge in [-0.05, 0) is 50.8 Å². The van der Waals surface area contributed by atoms with Crippen LogP contribution < -0.4 is 10.6 Å². The van der Waals surface area contributed by atoms with Crippen LogP contribution in [0.15, 0.2) is 22.8 Å². The molecular weight excluding hydrogens is 340 g/mol. The Bertz CT molecular complexity index is 751. The summed E-state index contributed by atoms with van der Waals surface area (Å²) in [7, 11) is 0. The molecule has 0 saturated heterocycles. The molecule has 1 aliphatic rings. The maximum Gasteiger partial charge on any atom is 0.341 e. The van der Waals surface area contributed by atoms with Crippen LogP contribution in [-0.4, -0.2) is 25.0 Å². The molecule has 0 bridgehead atoms. The van der Waals surface area contributed by atoms with Gasteiger partial charge in [-0.15, -0.1) is 11.3 Å². The first-order valence-corrected chi connectivity index (χ1v) is 9.30. The van der Waals surface area contributed by atoms with Gasteiger partial charge in [-0.1, -0.05) is 0 Å². The summed E-state index contributed by atoms with van der Waals surface area (Å²) in [5.74, 6) is 0.230. The fourth-order valence-corrected chi connectivity index (χ4v) is 4.26. The van der Waals surface area contributed by atoms with Crippen LogP contribution in [0.1, 0.15) is 52.9 Å². The molecule has 0 radical (unpaired) electrons. The largest absolute Gasteiger partial charge is 0.468 e. The summed E-state index contributed by atoms with van der Waals surface area (Å²) in [5, 5.41) is 6.57. The second-order valence-electron chi connectivity index (χ2n) is 5.95. The number of fused-ring (bicyclic) bond motifs is 1. The van der Waals surface area contributed by atoms with Crippen LogP contribution in [-0.2, 0) is 22.4 Å². The molecule has 2 aromatic heterocycles. The van der Waals surface area contributed by atoms with Crippen LogP contribution in [0.5, 0.6) is 0 Å². The highest BCUT2D eigenvalue weighted by atomic mass is 32.1. The molecule has 0 spiro atoms. The first-order valence-electron chi connectivity index (χ1n) is 8.48. The van der Waals surface area contributed by atoms with Crippen molar-refractivity contribution in [3.05, 3.63) is 40.2 Å². The number of hydrogen-bond acceptors (Lipinski definition) is 6. The summed E-state index contributed by atoms with van der Waals surface area (Å²) >= 11 is 1.48. The van der Waals surface area contributed by atoms with Crippen LogP contribution in [0, 0.1) is 0 Å². The van der Waals surface area contributed by atoms with Gasteiger partial charge in [0, 0.05) is 4.88 Å². The van der Waals surface area contributed by atoms with Crippen molar-refractivity contribution in [2.45, 2.75) is 39.2 Å². The molecule has 2 N–H and O–H groups in total. The molecule has 0 fully saturated rings. The van der Waals surface area contributed by atoms with Gasteiger partial charge in [-0.25, -0.2) is 4.79 Å². The fourth-order valence-electron chi connectivity index (χ4n) is 2.97. The highest BCUT2D eigenvalue weighted by molar-refractivity contribution is 7.17. The molecule has 0 unspecified atom stereocenters. The minimum atomic E-state index is -0.353. The SMILES string of the molecule is CCOC(=O)c1c(NC(=O)CN[C@@H](C)c2ccco2)sc2c1CCC2. The standard InChI is InChI=1S/C18H22N2O4S/c1-3-23-18(22)16-12-6-4-8-14(12)25-17(16)20-15(21)10-19-11(2)13-7-5-9-24-13/h5,7,9,11,19H,3-4,6,8,10H2,1-2H3,(H,20,21)/t11-/m0/s1. The highest BCUT2D eigenvalue weighted by Gasteiger charge is 2.28. The van der Waals surface area contributed by atoms with Gasteiger partial charge in [0.15, 0.2) is 0 Å². The number of aryl methyl sites for hydroxylation is 1. The third-order valence-corrected chi connectivity index (χ3v) is 5.40. The third kappa shape index (κ3) is 3.93. The van der Waals surface area contributed by atoms with E-state index >= 15 is 0 Å². The van der Waals surface area contributed by atoms with E-state index in [1.54, 1.807) is 13.2 Å². The van der Waals surface area contributed by atoms with E-state index in [2.05, 4.69) is 10.6 Å². The van der Waals surface area contributed by atoms with Gasteiger partial charge in [-0.3, -0.25) is 10.1 Å². The number of rotatable bonds is 7.